The zero-order valence-corrected chi connectivity index (χ0v) is 9.67. The van der Waals surface area contributed by atoms with Gasteiger partial charge in [-0.3, -0.25) is 0 Å². The molecule has 4 nitrogen and oxygen atoms in total. The van der Waals surface area contributed by atoms with Gasteiger partial charge in [0.25, 0.3) is 0 Å². The van der Waals surface area contributed by atoms with E-state index >= 15 is 0 Å². The third-order valence-corrected chi connectivity index (χ3v) is 2.21. The molecular formula is C11H15FO4. The first-order valence-electron chi connectivity index (χ1n) is 4.69. The molecule has 16 heavy (non-hydrogen) atoms. The first-order valence-corrected chi connectivity index (χ1v) is 4.69. The van der Waals surface area contributed by atoms with Crippen molar-refractivity contribution in [1.82, 2.24) is 0 Å². The maximum atomic E-state index is 13.4. The highest BCUT2D eigenvalue weighted by atomic mass is 19.1. The second-order valence-corrected chi connectivity index (χ2v) is 3.88. The minimum absolute atomic E-state index is 0.0353. The summed E-state index contributed by atoms with van der Waals surface area (Å²) in [5.74, 6) is -1.26. The van der Waals surface area contributed by atoms with Gasteiger partial charge in [-0.15, -0.1) is 0 Å². The molecule has 0 saturated carbocycles. The van der Waals surface area contributed by atoms with Gasteiger partial charge in [-0.1, -0.05) is 0 Å². The van der Waals surface area contributed by atoms with Crippen molar-refractivity contribution in [3.63, 3.8) is 0 Å². The Kier molecular flexibility index (Phi) is 3.28. The summed E-state index contributed by atoms with van der Waals surface area (Å²) in [5, 5.41) is 19.5. The fraction of sp³-hybridized carbons (Fsp3) is 0.455. The number of hydrogen-bond acceptors (Lipinski definition) is 4. The number of ether oxygens (including phenoxy) is 2. The summed E-state index contributed by atoms with van der Waals surface area (Å²) in [7, 11) is 2.70. The molecule has 0 unspecified atom stereocenters. The number of aromatic hydroxyl groups is 1. The molecule has 0 saturated heterocycles. The van der Waals surface area contributed by atoms with Crippen LogP contribution in [0.1, 0.15) is 19.4 Å². The van der Waals surface area contributed by atoms with Crippen molar-refractivity contribution in [1.29, 1.82) is 0 Å². The van der Waals surface area contributed by atoms with Crippen molar-refractivity contribution in [3.8, 4) is 17.2 Å². The van der Waals surface area contributed by atoms with E-state index in [-0.39, 0.29) is 17.1 Å². The van der Waals surface area contributed by atoms with Gasteiger partial charge in [-0.25, -0.2) is 4.39 Å². The molecule has 90 valence electrons. The lowest BCUT2D eigenvalue weighted by Gasteiger charge is -2.23. The van der Waals surface area contributed by atoms with Crippen molar-refractivity contribution in [2.75, 3.05) is 14.2 Å². The molecule has 0 atom stereocenters. The van der Waals surface area contributed by atoms with Gasteiger partial charge < -0.3 is 19.7 Å². The molecule has 0 heterocycles. The van der Waals surface area contributed by atoms with Crippen LogP contribution in [0.15, 0.2) is 6.07 Å². The third-order valence-electron chi connectivity index (χ3n) is 2.21. The van der Waals surface area contributed by atoms with Crippen LogP contribution in [0.25, 0.3) is 0 Å². The van der Waals surface area contributed by atoms with Crippen molar-refractivity contribution < 1.29 is 24.1 Å². The summed E-state index contributed by atoms with van der Waals surface area (Å²) >= 11 is 0. The van der Waals surface area contributed by atoms with E-state index < -0.39 is 17.2 Å². The summed E-state index contributed by atoms with van der Waals surface area (Å²) in [6.07, 6.45) is 0. The molecule has 2 N–H and O–H groups in total. The Labute approximate surface area is 93.2 Å². The SMILES string of the molecule is COc1cc(F)c(O)c(C(C)(C)O)c1OC. The second-order valence-electron chi connectivity index (χ2n) is 3.88. The van der Waals surface area contributed by atoms with Gasteiger partial charge in [0.05, 0.1) is 25.4 Å². The Morgan fingerprint density at radius 2 is 1.81 bits per heavy atom. The van der Waals surface area contributed by atoms with E-state index in [9.17, 15) is 14.6 Å². The van der Waals surface area contributed by atoms with Crippen LogP contribution in [-0.2, 0) is 5.60 Å². The molecule has 0 amide bonds. The Balaban J connectivity index is 3.60. The predicted octanol–water partition coefficient (Wildman–Crippen LogP) is 1.78. The van der Waals surface area contributed by atoms with E-state index in [1.807, 2.05) is 0 Å². The predicted molar refractivity (Wildman–Crippen MR) is 56.4 cm³/mol. The minimum Gasteiger partial charge on any atom is -0.504 e. The van der Waals surface area contributed by atoms with Gasteiger partial charge in [-0.2, -0.15) is 0 Å². The average Bonchev–Trinajstić information content (AvgIpc) is 2.19. The molecule has 0 aliphatic carbocycles. The van der Waals surface area contributed by atoms with E-state index in [4.69, 9.17) is 9.47 Å². The summed E-state index contributed by atoms with van der Waals surface area (Å²) in [6, 6.07) is 1.00. The zero-order chi connectivity index (χ0) is 12.5. The van der Waals surface area contributed by atoms with Crippen LogP contribution >= 0.6 is 0 Å². The van der Waals surface area contributed by atoms with E-state index in [2.05, 4.69) is 0 Å². The van der Waals surface area contributed by atoms with Crippen molar-refractivity contribution in [3.05, 3.63) is 17.4 Å². The number of hydrogen-bond donors (Lipinski definition) is 2. The number of phenols is 1. The zero-order valence-electron chi connectivity index (χ0n) is 9.67. The number of methoxy groups -OCH3 is 2. The van der Waals surface area contributed by atoms with E-state index in [0.717, 1.165) is 6.07 Å². The lowest BCUT2D eigenvalue weighted by molar-refractivity contribution is 0.0715. The van der Waals surface area contributed by atoms with Crippen LogP contribution in [0.2, 0.25) is 0 Å². The van der Waals surface area contributed by atoms with E-state index in [0.29, 0.717) is 0 Å². The molecule has 0 spiro atoms. The summed E-state index contributed by atoms with van der Waals surface area (Å²) in [6.45, 7) is 2.84. The second kappa shape index (κ2) is 4.17. The van der Waals surface area contributed by atoms with Crippen molar-refractivity contribution in [2.45, 2.75) is 19.4 Å². The van der Waals surface area contributed by atoms with Gasteiger partial charge in [-0.05, 0) is 13.8 Å². The topological polar surface area (TPSA) is 58.9 Å². The highest BCUT2D eigenvalue weighted by Crippen LogP contribution is 2.44. The van der Waals surface area contributed by atoms with Crippen LogP contribution in [0, 0.1) is 5.82 Å². The molecule has 0 radical (unpaired) electrons. The number of rotatable bonds is 3. The molecule has 0 bridgehead atoms. The van der Waals surface area contributed by atoms with E-state index in [1.54, 1.807) is 0 Å². The summed E-state index contributed by atoms with van der Waals surface area (Å²) < 4.78 is 23.3. The molecule has 0 aliphatic rings. The number of benzene rings is 1. The lowest BCUT2D eigenvalue weighted by atomic mass is 9.95. The normalized spacial score (nSPS) is 11.4. The van der Waals surface area contributed by atoms with E-state index in [1.165, 1.54) is 28.1 Å². The van der Waals surface area contributed by atoms with Gasteiger partial charge >= 0.3 is 0 Å². The van der Waals surface area contributed by atoms with Crippen LogP contribution < -0.4 is 9.47 Å². The number of aliphatic hydroxyl groups is 1. The van der Waals surface area contributed by atoms with Gasteiger partial charge in [0.1, 0.15) is 0 Å². The van der Waals surface area contributed by atoms with Crippen molar-refractivity contribution >= 4 is 0 Å². The molecule has 1 rings (SSSR count). The molecule has 1 aromatic carbocycles. The van der Waals surface area contributed by atoms with Crippen LogP contribution in [0.3, 0.4) is 0 Å². The molecular weight excluding hydrogens is 215 g/mol. The van der Waals surface area contributed by atoms with Gasteiger partial charge in [0.15, 0.2) is 23.1 Å². The Hall–Kier alpha value is -1.49. The average molecular weight is 230 g/mol. The fourth-order valence-electron chi connectivity index (χ4n) is 1.52. The summed E-state index contributed by atoms with van der Waals surface area (Å²) in [4.78, 5) is 0. The van der Waals surface area contributed by atoms with Crippen LogP contribution in [-0.4, -0.2) is 24.4 Å². The maximum absolute atomic E-state index is 13.4. The highest BCUT2D eigenvalue weighted by Gasteiger charge is 2.30. The molecule has 0 aliphatic heterocycles. The molecule has 5 heteroatoms. The molecule has 0 aromatic heterocycles. The Morgan fingerprint density at radius 1 is 1.25 bits per heavy atom. The number of phenolic OH excluding ortho intramolecular Hbond substituents is 1. The van der Waals surface area contributed by atoms with Crippen molar-refractivity contribution in [2.24, 2.45) is 0 Å². The molecule has 1 aromatic rings. The van der Waals surface area contributed by atoms with Crippen LogP contribution in [0.4, 0.5) is 4.39 Å². The lowest BCUT2D eigenvalue weighted by Crippen LogP contribution is -2.18. The minimum atomic E-state index is -1.44. The smallest absolute Gasteiger partial charge is 0.170 e. The summed E-state index contributed by atoms with van der Waals surface area (Å²) in [5.41, 5.74) is -1.47. The fourth-order valence-corrected chi connectivity index (χ4v) is 1.52. The van der Waals surface area contributed by atoms with Crippen LogP contribution in [0.5, 0.6) is 17.2 Å². The monoisotopic (exact) mass is 230 g/mol. The Bertz CT molecular complexity index is 396. The van der Waals surface area contributed by atoms with Gasteiger partial charge in [0.2, 0.25) is 0 Å². The largest absolute Gasteiger partial charge is 0.504 e. The standard InChI is InChI=1S/C11H15FO4/c1-11(2,14)8-9(13)6(12)5-7(15-3)10(8)16-4/h5,13-14H,1-4H3. The number of halogens is 1. The first kappa shape index (κ1) is 12.6. The third kappa shape index (κ3) is 2.04. The quantitative estimate of drug-likeness (QED) is 0.831. The first-order chi connectivity index (χ1) is 7.32. The Morgan fingerprint density at radius 3 is 2.19 bits per heavy atom. The van der Waals surface area contributed by atoms with Gasteiger partial charge in [0, 0.05) is 6.07 Å². The maximum Gasteiger partial charge on any atom is 0.170 e. The highest BCUT2D eigenvalue weighted by molar-refractivity contribution is 5.56. The molecule has 0 fully saturated rings.